The number of hydrogen-bond acceptors (Lipinski definition) is 5. The lowest BCUT2D eigenvalue weighted by molar-refractivity contribution is -0.141. The van der Waals surface area contributed by atoms with Crippen molar-refractivity contribution in [2.45, 2.75) is 38.0 Å². The highest BCUT2D eigenvalue weighted by Crippen LogP contribution is 2.10. The molecule has 0 unspecified atom stereocenters. The lowest BCUT2D eigenvalue weighted by Crippen LogP contribution is -2.30. The smallest absolute Gasteiger partial charge is 0.302 e. The van der Waals surface area contributed by atoms with Gasteiger partial charge in [-0.3, -0.25) is 9.59 Å². The Labute approximate surface area is 124 Å². The van der Waals surface area contributed by atoms with E-state index in [4.69, 9.17) is 4.74 Å². The molecule has 0 spiro atoms. The van der Waals surface area contributed by atoms with Gasteiger partial charge in [0.15, 0.2) is 0 Å². The number of sulfonamides is 1. The molecular weight excluding hydrogens is 294 g/mol. The Morgan fingerprint density at radius 3 is 2.33 bits per heavy atom. The van der Waals surface area contributed by atoms with Gasteiger partial charge in [0.05, 0.1) is 11.5 Å². The largest absolute Gasteiger partial charge is 0.466 e. The minimum Gasteiger partial charge on any atom is -0.466 e. The topological polar surface area (TPSA) is 89.5 Å². The van der Waals surface area contributed by atoms with Crippen molar-refractivity contribution >= 4 is 21.9 Å². The predicted molar refractivity (Wildman–Crippen MR) is 77.0 cm³/mol. The highest BCUT2D eigenvalue weighted by atomic mass is 32.2. The molecule has 0 aromatic heterocycles. The number of unbranched alkanes of at least 4 members (excludes halogenated alkanes) is 1. The molecular formula is C14H19NO5S. The van der Waals surface area contributed by atoms with Crippen molar-refractivity contribution in [1.29, 1.82) is 0 Å². The van der Waals surface area contributed by atoms with Gasteiger partial charge in [0.25, 0.3) is 10.0 Å². The zero-order valence-electron chi connectivity index (χ0n) is 12.1. The second-order valence-electron chi connectivity index (χ2n) is 4.64. The Hall–Kier alpha value is -1.89. The summed E-state index contributed by atoms with van der Waals surface area (Å²) in [6, 6.07) is 6.23. The molecule has 0 atom stereocenters. The maximum absolute atomic E-state index is 11.9. The molecule has 0 saturated carbocycles. The maximum Gasteiger partial charge on any atom is 0.302 e. The van der Waals surface area contributed by atoms with Crippen LogP contribution in [0.5, 0.6) is 0 Å². The fourth-order valence-electron chi connectivity index (χ4n) is 1.58. The van der Waals surface area contributed by atoms with E-state index >= 15 is 0 Å². The lowest BCUT2D eigenvalue weighted by Gasteiger charge is -2.07. The molecule has 0 radical (unpaired) electrons. The van der Waals surface area contributed by atoms with E-state index in [-0.39, 0.29) is 23.9 Å². The van der Waals surface area contributed by atoms with Crippen LogP contribution < -0.4 is 4.72 Å². The van der Waals surface area contributed by atoms with Gasteiger partial charge < -0.3 is 4.74 Å². The highest BCUT2D eigenvalue weighted by molar-refractivity contribution is 7.90. The molecule has 1 aromatic rings. The van der Waals surface area contributed by atoms with Crippen LogP contribution in [0.25, 0.3) is 0 Å². The molecule has 116 valence electrons. The number of esters is 1. The SMILES string of the molecule is CC(=O)OCCCCC(=O)NS(=O)(=O)c1ccc(C)cc1. The second-order valence-corrected chi connectivity index (χ2v) is 6.32. The van der Waals surface area contributed by atoms with Gasteiger partial charge in [-0.1, -0.05) is 17.7 Å². The Balaban J connectivity index is 2.43. The number of benzene rings is 1. The summed E-state index contributed by atoms with van der Waals surface area (Å²) in [5.74, 6) is -0.945. The van der Waals surface area contributed by atoms with E-state index in [1.165, 1.54) is 19.1 Å². The molecule has 1 amide bonds. The Morgan fingerprint density at radius 2 is 1.76 bits per heavy atom. The second kappa shape index (κ2) is 7.78. The fraction of sp³-hybridized carbons (Fsp3) is 0.429. The molecule has 0 aliphatic heterocycles. The summed E-state index contributed by atoms with van der Waals surface area (Å²) < 4.78 is 30.6. The van der Waals surface area contributed by atoms with Crippen LogP contribution >= 0.6 is 0 Å². The lowest BCUT2D eigenvalue weighted by atomic mass is 10.2. The third-order valence-corrected chi connectivity index (χ3v) is 4.07. The first kappa shape index (κ1) is 17.2. The molecule has 1 aromatic carbocycles. The van der Waals surface area contributed by atoms with Crippen molar-refractivity contribution in [2.75, 3.05) is 6.61 Å². The molecule has 0 heterocycles. The quantitative estimate of drug-likeness (QED) is 0.609. The van der Waals surface area contributed by atoms with Crippen molar-refractivity contribution in [3.8, 4) is 0 Å². The number of amides is 1. The van der Waals surface area contributed by atoms with Crippen LogP contribution in [0.1, 0.15) is 31.7 Å². The van der Waals surface area contributed by atoms with Crippen LogP contribution in [-0.4, -0.2) is 26.9 Å². The van der Waals surface area contributed by atoms with Gasteiger partial charge >= 0.3 is 5.97 Å². The zero-order chi connectivity index (χ0) is 15.9. The standard InChI is InChI=1S/C14H19NO5S/c1-11-6-8-13(9-7-11)21(18,19)15-14(17)5-3-4-10-20-12(2)16/h6-9H,3-5,10H2,1-2H3,(H,15,17). The third kappa shape index (κ3) is 6.40. The summed E-state index contributed by atoms with van der Waals surface area (Å²) in [4.78, 5) is 22.2. The Bertz CT molecular complexity index is 592. The highest BCUT2D eigenvalue weighted by Gasteiger charge is 2.16. The first-order valence-electron chi connectivity index (χ1n) is 6.57. The van der Waals surface area contributed by atoms with Gasteiger partial charge in [-0.05, 0) is 31.9 Å². The fourth-order valence-corrected chi connectivity index (χ4v) is 2.59. The summed E-state index contributed by atoms with van der Waals surface area (Å²) in [7, 11) is -3.82. The molecule has 1 rings (SSSR count). The molecule has 0 aliphatic carbocycles. The number of carbonyl (C=O) groups is 2. The maximum atomic E-state index is 11.9. The Kier molecular flexibility index (Phi) is 6.36. The molecule has 0 fully saturated rings. The van der Waals surface area contributed by atoms with E-state index in [9.17, 15) is 18.0 Å². The van der Waals surface area contributed by atoms with E-state index < -0.39 is 15.9 Å². The van der Waals surface area contributed by atoms with Crippen molar-refractivity contribution in [1.82, 2.24) is 4.72 Å². The molecule has 1 N–H and O–H groups in total. The van der Waals surface area contributed by atoms with Crippen molar-refractivity contribution in [2.24, 2.45) is 0 Å². The van der Waals surface area contributed by atoms with Gasteiger partial charge in [0.2, 0.25) is 5.91 Å². The van der Waals surface area contributed by atoms with Gasteiger partial charge in [-0.2, -0.15) is 0 Å². The van der Waals surface area contributed by atoms with E-state index in [1.54, 1.807) is 12.1 Å². The predicted octanol–water partition coefficient (Wildman–Crippen LogP) is 1.53. The summed E-state index contributed by atoms with van der Waals surface area (Å²) in [5.41, 5.74) is 0.936. The van der Waals surface area contributed by atoms with Crippen LogP contribution in [0.2, 0.25) is 0 Å². The average Bonchev–Trinajstić information content (AvgIpc) is 2.37. The number of rotatable bonds is 7. The molecule has 6 nitrogen and oxygen atoms in total. The molecule has 0 bridgehead atoms. The monoisotopic (exact) mass is 313 g/mol. The first-order valence-corrected chi connectivity index (χ1v) is 8.05. The molecule has 7 heteroatoms. The van der Waals surface area contributed by atoms with Crippen LogP contribution in [-0.2, 0) is 24.3 Å². The van der Waals surface area contributed by atoms with Crippen molar-refractivity contribution in [3.63, 3.8) is 0 Å². The first-order chi connectivity index (χ1) is 9.81. The summed E-state index contributed by atoms with van der Waals surface area (Å²) in [6.07, 6.45) is 1.02. The number of carbonyl (C=O) groups excluding carboxylic acids is 2. The average molecular weight is 313 g/mol. The van der Waals surface area contributed by atoms with Crippen LogP contribution in [0.4, 0.5) is 0 Å². The minimum atomic E-state index is -3.82. The molecule has 0 saturated heterocycles. The minimum absolute atomic E-state index is 0.0568. The summed E-state index contributed by atoms with van der Waals surface area (Å²) in [5, 5.41) is 0. The Morgan fingerprint density at radius 1 is 1.14 bits per heavy atom. The van der Waals surface area contributed by atoms with Gasteiger partial charge in [0.1, 0.15) is 0 Å². The van der Waals surface area contributed by atoms with Crippen molar-refractivity contribution < 1.29 is 22.7 Å². The zero-order valence-corrected chi connectivity index (χ0v) is 12.9. The number of nitrogens with one attached hydrogen (secondary N) is 1. The van der Waals surface area contributed by atoms with Crippen LogP contribution in [0.15, 0.2) is 29.2 Å². The van der Waals surface area contributed by atoms with E-state index in [0.29, 0.717) is 12.8 Å². The van der Waals surface area contributed by atoms with Crippen LogP contribution in [0.3, 0.4) is 0 Å². The van der Waals surface area contributed by atoms with E-state index in [2.05, 4.69) is 0 Å². The molecule has 21 heavy (non-hydrogen) atoms. The number of hydrogen-bond donors (Lipinski definition) is 1. The summed E-state index contributed by atoms with van der Waals surface area (Å²) >= 11 is 0. The number of aryl methyl sites for hydroxylation is 1. The number of ether oxygens (including phenoxy) is 1. The van der Waals surface area contributed by atoms with Crippen molar-refractivity contribution in [3.05, 3.63) is 29.8 Å². The van der Waals surface area contributed by atoms with Gasteiger partial charge in [-0.25, -0.2) is 13.1 Å². The normalized spacial score (nSPS) is 11.0. The van der Waals surface area contributed by atoms with E-state index in [0.717, 1.165) is 5.56 Å². The van der Waals surface area contributed by atoms with Gasteiger partial charge in [0, 0.05) is 13.3 Å². The summed E-state index contributed by atoms with van der Waals surface area (Å²) in [6.45, 7) is 3.38. The van der Waals surface area contributed by atoms with Crippen LogP contribution in [0, 0.1) is 6.92 Å². The third-order valence-electron chi connectivity index (χ3n) is 2.68. The van der Waals surface area contributed by atoms with Gasteiger partial charge in [-0.15, -0.1) is 0 Å². The molecule has 0 aliphatic rings. The van der Waals surface area contributed by atoms with E-state index in [1.807, 2.05) is 11.6 Å².